The molecule has 0 aliphatic carbocycles. The van der Waals surface area contributed by atoms with Gasteiger partial charge < -0.3 is 0 Å². The fourth-order valence-corrected chi connectivity index (χ4v) is 2.83. The maximum atomic E-state index is 5.64. The van der Waals surface area contributed by atoms with Crippen LogP contribution in [-0.4, -0.2) is 0 Å². The Bertz CT molecular complexity index is 164. The van der Waals surface area contributed by atoms with Gasteiger partial charge in [0.2, 0.25) is 5.21 Å². The van der Waals surface area contributed by atoms with Gasteiger partial charge in [0, 0.05) is 0 Å². The van der Waals surface area contributed by atoms with E-state index in [1.807, 2.05) is 12.1 Å². The summed E-state index contributed by atoms with van der Waals surface area (Å²) in [6.45, 7) is 0. The fraction of sp³-hybridized carbons (Fsp3) is 0.333. The van der Waals surface area contributed by atoms with Crippen LogP contribution in [0.15, 0.2) is 17.5 Å². The van der Waals surface area contributed by atoms with Gasteiger partial charge in [-0.15, -0.1) is 11.6 Å². The fourth-order valence-electron chi connectivity index (χ4n) is 0.637. The van der Waals surface area contributed by atoms with Crippen molar-refractivity contribution in [3.05, 3.63) is 22.4 Å². The quantitative estimate of drug-likeness (QED) is 0.485. The topological polar surface area (TPSA) is 0 Å². The van der Waals surface area contributed by atoms with Crippen molar-refractivity contribution in [2.24, 2.45) is 0 Å². The van der Waals surface area contributed by atoms with Crippen molar-refractivity contribution in [2.75, 3.05) is 0 Å². The van der Waals surface area contributed by atoms with Crippen molar-refractivity contribution in [3.8, 4) is 0 Å². The Morgan fingerprint density at radius 1 is 1.44 bits per heavy atom. The molecule has 1 rings (SSSR count). The molecule has 3 heteroatoms. The van der Waals surface area contributed by atoms with Gasteiger partial charge in [0.15, 0.2) is 4.88 Å². The third kappa shape index (κ3) is 1.60. The summed E-state index contributed by atoms with van der Waals surface area (Å²) in [4.78, 5) is 1.26. The molecule has 0 spiro atoms. The third-order valence-electron chi connectivity index (χ3n) is 1.11. The highest BCUT2D eigenvalue weighted by molar-refractivity contribution is 7.31. The summed E-state index contributed by atoms with van der Waals surface area (Å²) in [5.41, 5.74) is 0. The van der Waals surface area contributed by atoms with Crippen LogP contribution in [0.4, 0.5) is 0 Å². The zero-order valence-corrected chi connectivity index (χ0v) is 7.14. The van der Waals surface area contributed by atoms with Crippen LogP contribution >= 0.6 is 33.7 Å². The zero-order valence-electron chi connectivity index (χ0n) is 4.81. The van der Waals surface area contributed by atoms with Crippen LogP contribution in [0.2, 0.25) is 0 Å². The van der Waals surface area contributed by atoms with Gasteiger partial charge in [-0.2, -0.15) is 0 Å². The molecule has 50 valence electrons. The largest absolute Gasteiger partial charge is 0.201 e. The van der Waals surface area contributed by atoms with E-state index >= 15 is 0 Å². The van der Waals surface area contributed by atoms with Crippen LogP contribution in [0.25, 0.3) is 0 Å². The molecule has 1 atom stereocenters. The second kappa shape index (κ2) is 3.45. The first-order valence-electron chi connectivity index (χ1n) is 2.57. The van der Waals surface area contributed by atoms with Gasteiger partial charge in [-0.3, -0.25) is 0 Å². The molecule has 1 aromatic rings. The Labute approximate surface area is 67.4 Å². The molecule has 0 saturated carbocycles. The second-order valence-corrected chi connectivity index (χ2v) is 4.43. The van der Waals surface area contributed by atoms with Gasteiger partial charge >= 0.3 is 0 Å². The van der Waals surface area contributed by atoms with E-state index in [0.717, 1.165) is 0 Å². The van der Waals surface area contributed by atoms with E-state index in [0.29, 0.717) is 11.1 Å². The summed E-state index contributed by atoms with van der Waals surface area (Å²) in [7, 11) is 0.142. The standard InChI is InChI=1S/C6H7Cl2S/c7-4-6-2-1-3-9(6)5-8/h1-3H,4-5H2/q+1. The molecule has 0 radical (unpaired) electrons. The molecule has 1 heterocycles. The molecule has 0 amide bonds. The van der Waals surface area contributed by atoms with Gasteiger partial charge in [0.25, 0.3) is 0 Å². The summed E-state index contributed by atoms with van der Waals surface area (Å²) in [5, 5.41) is 2.78. The highest BCUT2D eigenvalue weighted by Crippen LogP contribution is 2.28. The van der Waals surface area contributed by atoms with Gasteiger partial charge in [-0.25, -0.2) is 0 Å². The summed E-state index contributed by atoms with van der Waals surface area (Å²) < 4.78 is 0. The van der Waals surface area contributed by atoms with Crippen molar-refractivity contribution < 1.29 is 0 Å². The Morgan fingerprint density at radius 2 is 2.22 bits per heavy atom. The van der Waals surface area contributed by atoms with E-state index in [4.69, 9.17) is 23.2 Å². The van der Waals surface area contributed by atoms with Gasteiger partial charge in [-0.1, -0.05) is 11.6 Å². The molecule has 0 bridgehead atoms. The van der Waals surface area contributed by atoms with Crippen LogP contribution in [-0.2, 0) is 11.1 Å². The molecule has 0 aliphatic heterocycles. The number of hydrogen-bond acceptors (Lipinski definition) is 0. The van der Waals surface area contributed by atoms with E-state index in [-0.39, 0.29) is 10.5 Å². The van der Waals surface area contributed by atoms with Crippen molar-refractivity contribution in [3.63, 3.8) is 0 Å². The highest BCUT2D eigenvalue weighted by Gasteiger charge is 2.08. The van der Waals surface area contributed by atoms with E-state index in [9.17, 15) is 0 Å². The van der Waals surface area contributed by atoms with E-state index < -0.39 is 0 Å². The second-order valence-electron chi connectivity index (χ2n) is 1.63. The SMILES string of the molecule is ClCc1ccc[s+]1CCl. The van der Waals surface area contributed by atoms with Gasteiger partial charge in [0.05, 0.1) is 5.88 Å². The summed E-state index contributed by atoms with van der Waals surface area (Å²) in [6, 6.07) is 4.06. The van der Waals surface area contributed by atoms with Crippen LogP contribution < -0.4 is 0 Å². The molecule has 0 nitrogen and oxygen atoms in total. The van der Waals surface area contributed by atoms with Crippen molar-refractivity contribution in [1.82, 2.24) is 0 Å². The highest BCUT2D eigenvalue weighted by atomic mass is 35.5. The molecule has 9 heavy (non-hydrogen) atoms. The van der Waals surface area contributed by atoms with Crippen LogP contribution in [0.3, 0.4) is 0 Å². The number of hydrogen-bond donors (Lipinski definition) is 0. The number of halogens is 2. The first-order chi connectivity index (χ1) is 4.38. The number of thiophene rings is 1. The van der Waals surface area contributed by atoms with E-state index in [1.54, 1.807) is 0 Å². The molecule has 0 aliphatic rings. The van der Waals surface area contributed by atoms with Crippen LogP contribution in [0.1, 0.15) is 4.88 Å². The zero-order chi connectivity index (χ0) is 6.69. The third-order valence-corrected chi connectivity index (χ3v) is 3.94. The normalized spacial score (nSPS) is 12.0. The monoisotopic (exact) mass is 181 g/mol. The summed E-state index contributed by atoms with van der Waals surface area (Å²) >= 11 is 11.3. The maximum absolute atomic E-state index is 5.64. The minimum absolute atomic E-state index is 0.142. The number of rotatable bonds is 2. The molecule has 0 aromatic carbocycles. The van der Waals surface area contributed by atoms with E-state index in [2.05, 4.69) is 5.38 Å². The van der Waals surface area contributed by atoms with Crippen LogP contribution in [0.5, 0.6) is 0 Å². The lowest BCUT2D eigenvalue weighted by Crippen LogP contribution is -1.67. The van der Waals surface area contributed by atoms with Crippen molar-refractivity contribution in [1.29, 1.82) is 0 Å². The van der Waals surface area contributed by atoms with Gasteiger partial charge in [0.1, 0.15) is 5.38 Å². The summed E-state index contributed by atoms with van der Waals surface area (Å²) in [6.07, 6.45) is 0. The van der Waals surface area contributed by atoms with Crippen molar-refractivity contribution >= 4 is 33.7 Å². The molecule has 0 N–H and O–H groups in total. The predicted octanol–water partition coefficient (Wildman–Crippen LogP) is 3.37. The lowest BCUT2D eigenvalue weighted by molar-refractivity contribution is 1.52. The minimum atomic E-state index is 0.142. The average molecular weight is 182 g/mol. The molecule has 1 unspecified atom stereocenters. The molecule has 0 fully saturated rings. The molecule has 0 saturated heterocycles. The lowest BCUT2D eigenvalue weighted by atomic mass is 10.5. The average Bonchev–Trinajstić information content (AvgIpc) is 2.33. The summed E-state index contributed by atoms with van der Waals surface area (Å²) in [5.74, 6) is 0.614. The maximum Gasteiger partial charge on any atom is 0.201 e. The minimum Gasteiger partial charge on any atom is -0.116 e. The first kappa shape index (κ1) is 7.39. The Morgan fingerprint density at radius 3 is 2.67 bits per heavy atom. The smallest absolute Gasteiger partial charge is 0.116 e. The van der Waals surface area contributed by atoms with E-state index in [1.165, 1.54) is 4.88 Å². The Kier molecular flexibility index (Phi) is 2.83. The number of alkyl halides is 2. The van der Waals surface area contributed by atoms with Gasteiger partial charge in [-0.05, 0) is 22.6 Å². The molecular weight excluding hydrogens is 175 g/mol. The molecular formula is C6H7Cl2S+. The lowest BCUT2D eigenvalue weighted by Gasteiger charge is -1.81. The Hall–Kier alpha value is 0.280. The molecule has 1 aromatic heterocycles. The van der Waals surface area contributed by atoms with Crippen molar-refractivity contribution in [2.45, 2.75) is 11.1 Å². The van der Waals surface area contributed by atoms with Crippen LogP contribution in [0, 0.1) is 0 Å². The predicted molar refractivity (Wildman–Crippen MR) is 44.3 cm³/mol. The Balaban J connectivity index is 2.85. The first-order valence-corrected chi connectivity index (χ1v) is 5.10.